The van der Waals surface area contributed by atoms with E-state index in [1.54, 1.807) is 30.3 Å². The average Bonchev–Trinajstić information content (AvgIpc) is 3.21. The quantitative estimate of drug-likeness (QED) is 0.507. The molecule has 0 amide bonds. The first kappa shape index (κ1) is 23.5. The number of nitrogens with zero attached hydrogens (tertiary/aromatic N) is 1. The number of hydrogen-bond acceptors (Lipinski definition) is 4. The molecule has 3 aromatic rings. The average molecular weight is 475 g/mol. The summed E-state index contributed by atoms with van der Waals surface area (Å²) in [6, 6.07) is 11.5. The Morgan fingerprint density at radius 2 is 1.76 bits per heavy atom. The monoisotopic (exact) mass is 475 g/mol. The van der Waals surface area contributed by atoms with Crippen LogP contribution < -0.4 is 14.2 Å². The van der Waals surface area contributed by atoms with Gasteiger partial charge in [-0.05, 0) is 61.2 Å². The van der Waals surface area contributed by atoms with E-state index >= 15 is 0 Å². The Labute approximate surface area is 194 Å². The molecular formula is C25H24F3NO5. The minimum absolute atomic E-state index is 0.0400. The van der Waals surface area contributed by atoms with Crippen molar-refractivity contribution in [3.8, 4) is 34.2 Å². The third-order valence-electron chi connectivity index (χ3n) is 6.18. The summed E-state index contributed by atoms with van der Waals surface area (Å²) in [5, 5.41) is 9.48. The first-order valence-corrected chi connectivity index (χ1v) is 10.6. The lowest BCUT2D eigenvalue weighted by molar-refractivity contribution is -0.177. The molecular weight excluding hydrogens is 451 g/mol. The van der Waals surface area contributed by atoms with Crippen molar-refractivity contribution in [1.29, 1.82) is 0 Å². The van der Waals surface area contributed by atoms with Crippen LogP contribution in [-0.2, 0) is 12.8 Å². The Morgan fingerprint density at radius 1 is 1.03 bits per heavy atom. The summed E-state index contributed by atoms with van der Waals surface area (Å²) in [7, 11) is 4.43. The lowest BCUT2D eigenvalue weighted by Gasteiger charge is -2.26. The molecule has 1 aliphatic rings. The first-order valence-electron chi connectivity index (χ1n) is 10.6. The van der Waals surface area contributed by atoms with Crippen molar-refractivity contribution < 1.29 is 37.3 Å². The smallest absolute Gasteiger partial charge is 0.392 e. The van der Waals surface area contributed by atoms with E-state index in [1.165, 1.54) is 33.5 Å². The summed E-state index contributed by atoms with van der Waals surface area (Å²) in [5.74, 6) is -1.37. The van der Waals surface area contributed by atoms with Gasteiger partial charge in [0, 0.05) is 16.9 Å². The van der Waals surface area contributed by atoms with Gasteiger partial charge in [-0.15, -0.1) is 0 Å². The zero-order chi connectivity index (χ0) is 24.6. The van der Waals surface area contributed by atoms with Gasteiger partial charge in [0.2, 0.25) is 5.75 Å². The van der Waals surface area contributed by atoms with E-state index in [1.807, 2.05) is 4.57 Å². The van der Waals surface area contributed by atoms with Crippen LogP contribution in [0.1, 0.15) is 28.0 Å². The zero-order valence-electron chi connectivity index (χ0n) is 18.9. The lowest BCUT2D eigenvalue weighted by Crippen LogP contribution is -2.29. The molecule has 0 spiro atoms. The van der Waals surface area contributed by atoms with Gasteiger partial charge < -0.3 is 23.9 Å². The Balaban J connectivity index is 1.98. The predicted octanol–water partition coefficient (Wildman–Crippen LogP) is 5.54. The molecule has 0 aliphatic heterocycles. The van der Waals surface area contributed by atoms with Crippen molar-refractivity contribution in [3.05, 3.63) is 59.3 Å². The van der Waals surface area contributed by atoms with Crippen LogP contribution >= 0.6 is 0 Å². The molecule has 0 bridgehead atoms. The third-order valence-corrected chi connectivity index (χ3v) is 6.18. The van der Waals surface area contributed by atoms with Gasteiger partial charge in [-0.2, -0.15) is 13.2 Å². The van der Waals surface area contributed by atoms with Crippen molar-refractivity contribution in [2.45, 2.75) is 25.4 Å². The molecule has 0 fully saturated rings. The number of carboxylic acid groups (broad SMARTS) is 1. The van der Waals surface area contributed by atoms with Crippen LogP contribution in [0.25, 0.3) is 16.9 Å². The van der Waals surface area contributed by atoms with Crippen LogP contribution in [-0.4, -0.2) is 43.1 Å². The zero-order valence-corrected chi connectivity index (χ0v) is 18.9. The molecule has 4 rings (SSSR count). The molecule has 9 heteroatoms. The standard InChI is InChI=1S/C25H24F3NO5/c1-32-21-10-8-18(22(33-2)23(21)34-3)20-13-15-11-16(25(26,27)28)7-9-19(15)29(20)17-6-4-5-14(12-17)24(30)31/h4-6,8,10,12-13,16H,7,9,11H2,1-3H3,(H,30,31). The van der Waals surface area contributed by atoms with Gasteiger partial charge in [0.15, 0.2) is 11.5 Å². The van der Waals surface area contributed by atoms with Gasteiger partial charge in [0.25, 0.3) is 0 Å². The summed E-state index contributed by atoms with van der Waals surface area (Å²) in [4.78, 5) is 11.6. The summed E-state index contributed by atoms with van der Waals surface area (Å²) in [6.45, 7) is 0. The highest BCUT2D eigenvalue weighted by atomic mass is 19.4. The second-order valence-corrected chi connectivity index (χ2v) is 8.06. The fourth-order valence-electron chi connectivity index (χ4n) is 4.58. The Morgan fingerprint density at radius 3 is 2.38 bits per heavy atom. The molecule has 1 atom stereocenters. The molecule has 180 valence electrons. The van der Waals surface area contributed by atoms with Gasteiger partial charge in [-0.3, -0.25) is 0 Å². The molecule has 1 aromatic heterocycles. The van der Waals surface area contributed by atoms with Crippen molar-refractivity contribution in [3.63, 3.8) is 0 Å². The van der Waals surface area contributed by atoms with Crippen LogP contribution in [0.5, 0.6) is 17.2 Å². The largest absolute Gasteiger partial charge is 0.493 e. The minimum Gasteiger partial charge on any atom is -0.493 e. The van der Waals surface area contributed by atoms with Crippen LogP contribution in [0.2, 0.25) is 0 Å². The number of rotatable bonds is 6. The maximum Gasteiger partial charge on any atom is 0.392 e. The molecule has 1 heterocycles. The van der Waals surface area contributed by atoms with Crippen molar-refractivity contribution in [2.75, 3.05) is 21.3 Å². The van der Waals surface area contributed by atoms with Crippen LogP contribution in [0.3, 0.4) is 0 Å². The molecule has 6 nitrogen and oxygen atoms in total. The van der Waals surface area contributed by atoms with E-state index in [4.69, 9.17) is 14.2 Å². The minimum atomic E-state index is -4.29. The SMILES string of the molecule is COc1ccc(-c2cc3c(n2-c2cccc(C(=O)O)c2)CCC(C(F)(F)F)C3)c(OC)c1OC. The molecule has 0 saturated heterocycles. The Hall–Kier alpha value is -3.62. The van der Waals surface area contributed by atoms with Gasteiger partial charge in [0.05, 0.1) is 38.5 Å². The topological polar surface area (TPSA) is 69.9 Å². The summed E-state index contributed by atoms with van der Waals surface area (Å²) in [6.07, 6.45) is -4.27. The molecule has 0 radical (unpaired) electrons. The molecule has 1 aliphatic carbocycles. The number of alkyl halides is 3. The number of halogens is 3. The van der Waals surface area contributed by atoms with Gasteiger partial charge in [-0.25, -0.2) is 4.79 Å². The highest BCUT2D eigenvalue weighted by Gasteiger charge is 2.42. The molecule has 1 unspecified atom stereocenters. The van der Waals surface area contributed by atoms with Crippen LogP contribution in [0.4, 0.5) is 13.2 Å². The number of ether oxygens (including phenoxy) is 3. The van der Waals surface area contributed by atoms with Crippen LogP contribution in [0.15, 0.2) is 42.5 Å². The summed E-state index contributed by atoms with van der Waals surface area (Å²) in [5.41, 5.74) is 3.07. The highest BCUT2D eigenvalue weighted by molar-refractivity contribution is 5.88. The van der Waals surface area contributed by atoms with Gasteiger partial charge >= 0.3 is 12.1 Å². The first-order chi connectivity index (χ1) is 16.2. The predicted molar refractivity (Wildman–Crippen MR) is 119 cm³/mol. The van der Waals surface area contributed by atoms with E-state index in [9.17, 15) is 23.1 Å². The number of methoxy groups -OCH3 is 3. The van der Waals surface area contributed by atoms with E-state index < -0.39 is 18.1 Å². The number of benzene rings is 2. The number of carbonyl (C=O) groups is 1. The Kier molecular flexibility index (Phi) is 6.20. The van der Waals surface area contributed by atoms with Crippen LogP contribution in [0, 0.1) is 5.92 Å². The number of aromatic nitrogens is 1. The summed E-state index contributed by atoms with van der Waals surface area (Å²) < 4.78 is 58.8. The van der Waals surface area contributed by atoms with E-state index in [-0.39, 0.29) is 24.8 Å². The van der Waals surface area contributed by atoms with E-state index in [0.717, 1.165) is 5.69 Å². The highest BCUT2D eigenvalue weighted by Crippen LogP contribution is 2.47. The molecule has 2 aromatic carbocycles. The molecule has 0 saturated carbocycles. The van der Waals surface area contributed by atoms with Crippen molar-refractivity contribution >= 4 is 5.97 Å². The number of aromatic carboxylic acids is 1. The molecule has 34 heavy (non-hydrogen) atoms. The Bertz CT molecular complexity index is 1230. The second-order valence-electron chi connectivity index (χ2n) is 8.06. The fraction of sp³-hybridized carbons (Fsp3) is 0.320. The number of carboxylic acids is 1. The van der Waals surface area contributed by atoms with Crippen molar-refractivity contribution in [2.24, 2.45) is 5.92 Å². The summed E-state index contributed by atoms with van der Waals surface area (Å²) >= 11 is 0. The second kappa shape index (κ2) is 8.96. The maximum absolute atomic E-state index is 13.5. The number of hydrogen-bond donors (Lipinski definition) is 1. The lowest BCUT2D eigenvalue weighted by atomic mass is 9.87. The van der Waals surface area contributed by atoms with E-state index in [2.05, 4.69) is 0 Å². The van der Waals surface area contributed by atoms with E-state index in [0.29, 0.717) is 39.8 Å². The van der Waals surface area contributed by atoms with Gasteiger partial charge in [-0.1, -0.05) is 6.07 Å². The molecule has 1 N–H and O–H groups in total. The third kappa shape index (κ3) is 4.06. The van der Waals surface area contributed by atoms with Crippen molar-refractivity contribution in [1.82, 2.24) is 4.57 Å². The number of fused-ring (bicyclic) bond motifs is 1. The fourth-order valence-corrected chi connectivity index (χ4v) is 4.58. The van der Waals surface area contributed by atoms with Gasteiger partial charge in [0.1, 0.15) is 0 Å². The normalized spacial score (nSPS) is 15.5. The maximum atomic E-state index is 13.5.